The first kappa shape index (κ1) is 14.2. The Hall–Kier alpha value is -0.830. The molecule has 1 saturated heterocycles. The van der Waals surface area contributed by atoms with E-state index in [1.54, 1.807) is 6.08 Å². The lowest BCUT2D eigenvalue weighted by molar-refractivity contribution is -0.128. The van der Waals surface area contributed by atoms with Crippen LogP contribution in [-0.2, 0) is 4.79 Å². The maximum absolute atomic E-state index is 12.1. The Morgan fingerprint density at radius 3 is 2.65 bits per heavy atom. The van der Waals surface area contributed by atoms with Gasteiger partial charge >= 0.3 is 0 Å². The monoisotopic (exact) mass is 238 g/mol. The first-order valence-corrected chi connectivity index (χ1v) is 6.67. The molecule has 1 unspecified atom stereocenters. The number of hydrogen-bond donors (Lipinski definition) is 1. The van der Waals surface area contributed by atoms with Crippen LogP contribution in [0, 0.1) is 5.92 Å². The molecule has 0 bridgehead atoms. The van der Waals surface area contributed by atoms with Gasteiger partial charge in [-0.25, -0.2) is 0 Å². The van der Waals surface area contributed by atoms with E-state index in [4.69, 9.17) is 0 Å². The lowest BCUT2D eigenvalue weighted by atomic mass is 9.98. The second-order valence-electron chi connectivity index (χ2n) is 5.52. The third-order valence-corrected chi connectivity index (χ3v) is 3.17. The molecule has 0 aromatic rings. The Labute approximate surface area is 105 Å². The summed E-state index contributed by atoms with van der Waals surface area (Å²) in [5, 5.41) is 3.41. The van der Waals surface area contributed by atoms with E-state index >= 15 is 0 Å². The smallest absolute Gasteiger partial charge is 0.246 e. The number of rotatable bonds is 4. The molecule has 0 aliphatic carbocycles. The highest BCUT2D eigenvalue weighted by Crippen LogP contribution is 2.14. The molecule has 1 aliphatic heterocycles. The zero-order chi connectivity index (χ0) is 12.8. The largest absolute Gasteiger partial charge is 0.336 e. The van der Waals surface area contributed by atoms with Crippen molar-refractivity contribution in [1.82, 2.24) is 10.2 Å². The fraction of sp³-hybridized carbons (Fsp3) is 0.786. The molecular formula is C14H26N2O. The fourth-order valence-electron chi connectivity index (χ4n) is 2.24. The zero-order valence-corrected chi connectivity index (χ0v) is 11.6. The molecule has 0 aromatic heterocycles. The van der Waals surface area contributed by atoms with E-state index in [9.17, 15) is 4.79 Å². The topological polar surface area (TPSA) is 32.3 Å². The van der Waals surface area contributed by atoms with Crippen molar-refractivity contribution in [2.24, 2.45) is 5.92 Å². The van der Waals surface area contributed by atoms with Crippen LogP contribution in [0.4, 0.5) is 0 Å². The van der Waals surface area contributed by atoms with Crippen LogP contribution in [0.15, 0.2) is 11.6 Å². The van der Waals surface area contributed by atoms with E-state index in [0.717, 1.165) is 25.2 Å². The second kappa shape index (κ2) is 6.80. The maximum Gasteiger partial charge on any atom is 0.246 e. The normalized spacial score (nSPS) is 20.2. The Morgan fingerprint density at radius 2 is 2.18 bits per heavy atom. The van der Waals surface area contributed by atoms with Crippen LogP contribution in [0.2, 0.25) is 0 Å². The summed E-state index contributed by atoms with van der Waals surface area (Å²) in [7, 11) is 0. The third kappa shape index (κ3) is 4.90. The van der Waals surface area contributed by atoms with Gasteiger partial charge in [0.2, 0.25) is 5.91 Å². The highest BCUT2D eigenvalue weighted by Gasteiger charge is 2.21. The van der Waals surface area contributed by atoms with E-state index < -0.39 is 0 Å². The SMILES string of the molecule is CC(C)=CC(=O)N(CC1CCCNC1)C(C)C. The van der Waals surface area contributed by atoms with Gasteiger partial charge in [-0.15, -0.1) is 0 Å². The average Bonchev–Trinajstić information content (AvgIpc) is 2.25. The minimum Gasteiger partial charge on any atom is -0.336 e. The van der Waals surface area contributed by atoms with Gasteiger partial charge in [-0.05, 0) is 59.5 Å². The molecule has 98 valence electrons. The van der Waals surface area contributed by atoms with E-state index in [1.165, 1.54) is 12.8 Å². The van der Waals surface area contributed by atoms with Crippen molar-refractivity contribution in [2.75, 3.05) is 19.6 Å². The minimum absolute atomic E-state index is 0.158. The standard InChI is InChI=1S/C14H26N2O/c1-11(2)8-14(17)16(12(3)4)10-13-6-5-7-15-9-13/h8,12-13,15H,5-7,9-10H2,1-4H3. The molecule has 1 aliphatic rings. The van der Waals surface area contributed by atoms with Crippen LogP contribution in [0.5, 0.6) is 0 Å². The summed E-state index contributed by atoms with van der Waals surface area (Å²) in [5.41, 5.74) is 1.07. The van der Waals surface area contributed by atoms with E-state index in [1.807, 2.05) is 18.7 Å². The molecule has 17 heavy (non-hydrogen) atoms. The molecule has 0 radical (unpaired) electrons. The summed E-state index contributed by atoms with van der Waals surface area (Å²) in [4.78, 5) is 14.1. The minimum atomic E-state index is 0.158. The van der Waals surface area contributed by atoms with Crippen molar-refractivity contribution in [2.45, 2.75) is 46.6 Å². The van der Waals surface area contributed by atoms with Gasteiger partial charge < -0.3 is 10.2 Å². The van der Waals surface area contributed by atoms with Gasteiger partial charge in [0.15, 0.2) is 0 Å². The van der Waals surface area contributed by atoms with Gasteiger partial charge in [-0.2, -0.15) is 0 Å². The summed E-state index contributed by atoms with van der Waals surface area (Å²) >= 11 is 0. The fourth-order valence-corrected chi connectivity index (χ4v) is 2.24. The predicted molar refractivity (Wildman–Crippen MR) is 71.9 cm³/mol. The molecule has 0 saturated carbocycles. The molecule has 1 fully saturated rings. The van der Waals surface area contributed by atoms with E-state index in [0.29, 0.717) is 5.92 Å². The quantitative estimate of drug-likeness (QED) is 0.761. The first-order chi connectivity index (χ1) is 8.00. The Bertz CT molecular complexity index is 274. The van der Waals surface area contributed by atoms with Crippen LogP contribution in [0.3, 0.4) is 0 Å². The van der Waals surface area contributed by atoms with Crippen molar-refractivity contribution in [3.63, 3.8) is 0 Å². The van der Waals surface area contributed by atoms with Gasteiger partial charge in [-0.1, -0.05) is 5.57 Å². The third-order valence-electron chi connectivity index (χ3n) is 3.17. The number of carbonyl (C=O) groups is 1. The number of amides is 1. The number of carbonyl (C=O) groups excluding carboxylic acids is 1. The highest BCUT2D eigenvalue weighted by atomic mass is 16.2. The van der Waals surface area contributed by atoms with Crippen molar-refractivity contribution in [1.29, 1.82) is 0 Å². The van der Waals surface area contributed by atoms with Crippen molar-refractivity contribution in [3.05, 3.63) is 11.6 Å². The molecule has 0 spiro atoms. The Morgan fingerprint density at radius 1 is 1.47 bits per heavy atom. The summed E-state index contributed by atoms with van der Waals surface area (Å²) in [5.74, 6) is 0.770. The molecule has 1 amide bonds. The van der Waals surface area contributed by atoms with Gasteiger partial charge in [0.1, 0.15) is 0 Å². The molecular weight excluding hydrogens is 212 g/mol. The number of allylic oxidation sites excluding steroid dienone is 1. The van der Waals surface area contributed by atoms with Crippen molar-refractivity contribution < 1.29 is 4.79 Å². The summed E-state index contributed by atoms with van der Waals surface area (Å²) < 4.78 is 0. The number of piperidine rings is 1. The molecule has 3 heteroatoms. The molecule has 1 N–H and O–H groups in total. The zero-order valence-electron chi connectivity index (χ0n) is 11.6. The van der Waals surface area contributed by atoms with Gasteiger partial charge in [0.25, 0.3) is 0 Å². The lowest BCUT2D eigenvalue weighted by Gasteiger charge is -2.32. The van der Waals surface area contributed by atoms with E-state index in [2.05, 4.69) is 19.2 Å². The van der Waals surface area contributed by atoms with Gasteiger partial charge in [0.05, 0.1) is 0 Å². The number of nitrogens with one attached hydrogen (secondary N) is 1. The molecule has 0 aromatic carbocycles. The summed E-state index contributed by atoms with van der Waals surface area (Å²) in [6.07, 6.45) is 4.21. The van der Waals surface area contributed by atoms with Gasteiger partial charge in [0, 0.05) is 18.7 Å². The number of hydrogen-bond acceptors (Lipinski definition) is 2. The van der Waals surface area contributed by atoms with E-state index in [-0.39, 0.29) is 11.9 Å². The molecule has 1 heterocycles. The average molecular weight is 238 g/mol. The van der Waals surface area contributed by atoms with Crippen molar-refractivity contribution >= 4 is 5.91 Å². The Kier molecular flexibility index (Phi) is 5.69. The van der Waals surface area contributed by atoms with Crippen LogP contribution < -0.4 is 5.32 Å². The molecule has 3 nitrogen and oxygen atoms in total. The first-order valence-electron chi connectivity index (χ1n) is 6.67. The van der Waals surface area contributed by atoms with Crippen LogP contribution >= 0.6 is 0 Å². The molecule has 1 rings (SSSR count). The van der Waals surface area contributed by atoms with Crippen LogP contribution in [0.25, 0.3) is 0 Å². The summed E-state index contributed by atoms with van der Waals surface area (Å²) in [6, 6.07) is 0.278. The highest BCUT2D eigenvalue weighted by molar-refractivity contribution is 5.88. The predicted octanol–water partition coefficient (Wildman–Crippen LogP) is 2.19. The summed E-state index contributed by atoms with van der Waals surface area (Å²) in [6.45, 7) is 11.2. The maximum atomic E-state index is 12.1. The Balaban J connectivity index is 2.59. The lowest BCUT2D eigenvalue weighted by Crippen LogP contribution is -2.43. The van der Waals surface area contributed by atoms with Crippen molar-refractivity contribution in [3.8, 4) is 0 Å². The number of nitrogens with zero attached hydrogens (tertiary/aromatic N) is 1. The van der Waals surface area contributed by atoms with Crippen LogP contribution in [-0.4, -0.2) is 36.5 Å². The molecule has 1 atom stereocenters. The second-order valence-corrected chi connectivity index (χ2v) is 5.52. The van der Waals surface area contributed by atoms with Gasteiger partial charge in [-0.3, -0.25) is 4.79 Å². The van der Waals surface area contributed by atoms with Crippen LogP contribution in [0.1, 0.15) is 40.5 Å².